The lowest BCUT2D eigenvalue weighted by Crippen LogP contribution is -2.38. The summed E-state index contributed by atoms with van der Waals surface area (Å²) in [6.07, 6.45) is 2.62. The molecule has 0 bridgehead atoms. The fourth-order valence-corrected chi connectivity index (χ4v) is 2.71. The number of hydrogen-bond donors (Lipinski definition) is 1. The van der Waals surface area contributed by atoms with E-state index in [4.69, 9.17) is 18.7 Å². The second kappa shape index (κ2) is 8.64. The zero-order valence-electron chi connectivity index (χ0n) is 14.1. The molecule has 0 spiro atoms. The van der Waals surface area contributed by atoms with Gasteiger partial charge in [-0.15, -0.1) is 0 Å². The van der Waals surface area contributed by atoms with Crippen LogP contribution in [-0.2, 0) is 16.1 Å². The van der Waals surface area contributed by atoms with E-state index in [1.807, 2.05) is 24.3 Å². The summed E-state index contributed by atoms with van der Waals surface area (Å²) < 4.78 is 21.2. The van der Waals surface area contributed by atoms with E-state index in [0.717, 1.165) is 24.3 Å². The number of amides is 1. The number of nitrogens with zero attached hydrogens (tertiary/aromatic N) is 1. The maximum Gasteiger partial charge on any atom is 0.275 e. The minimum Gasteiger partial charge on any atom is -0.497 e. The second-order valence-electron chi connectivity index (χ2n) is 5.97. The van der Waals surface area contributed by atoms with Crippen molar-refractivity contribution in [1.82, 2.24) is 10.5 Å². The van der Waals surface area contributed by atoms with Crippen LogP contribution < -0.4 is 10.1 Å². The van der Waals surface area contributed by atoms with Gasteiger partial charge in [-0.05, 0) is 36.5 Å². The van der Waals surface area contributed by atoms with Gasteiger partial charge in [0, 0.05) is 19.3 Å². The Labute approximate surface area is 146 Å². The first-order valence-electron chi connectivity index (χ1n) is 8.28. The van der Waals surface area contributed by atoms with Crippen LogP contribution in [0, 0.1) is 5.92 Å². The Kier molecular flexibility index (Phi) is 6.03. The summed E-state index contributed by atoms with van der Waals surface area (Å²) in [5.41, 5.74) is 1.24. The third-order valence-corrected chi connectivity index (χ3v) is 4.14. The molecule has 1 aliphatic heterocycles. The van der Waals surface area contributed by atoms with Gasteiger partial charge in [0.2, 0.25) is 0 Å². The molecular formula is C18H22N2O5. The maximum atomic E-state index is 12.2. The molecule has 1 amide bonds. The third-order valence-electron chi connectivity index (χ3n) is 4.14. The quantitative estimate of drug-likeness (QED) is 0.739. The molecule has 7 nitrogen and oxygen atoms in total. The predicted octanol–water partition coefficient (Wildman–Crippen LogP) is 2.38. The van der Waals surface area contributed by atoms with Gasteiger partial charge in [-0.3, -0.25) is 4.79 Å². The molecule has 2 aromatic rings. The molecule has 2 unspecified atom stereocenters. The SMILES string of the molecule is COc1ccc(COC(CC2CCOC2)NC(=O)c2ccon2)cc1. The van der Waals surface area contributed by atoms with Crippen LogP contribution in [0.3, 0.4) is 0 Å². The van der Waals surface area contributed by atoms with E-state index in [0.29, 0.717) is 25.6 Å². The molecular weight excluding hydrogens is 324 g/mol. The molecule has 0 saturated carbocycles. The highest BCUT2D eigenvalue weighted by Gasteiger charge is 2.23. The number of rotatable bonds is 8. The van der Waals surface area contributed by atoms with Crippen LogP contribution in [0.2, 0.25) is 0 Å². The molecule has 3 rings (SSSR count). The van der Waals surface area contributed by atoms with E-state index in [1.54, 1.807) is 7.11 Å². The first kappa shape index (κ1) is 17.4. The summed E-state index contributed by atoms with van der Waals surface area (Å²) in [4.78, 5) is 12.2. The second-order valence-corrected chi connectivity index (χ2v) is 5.97. The largest absolute Gasteiger partial charge is 0.497 e. The Morgan fingerprint density at radius 3 is 2.84 bits per heavy atom. The van der Waals surface area contributed by atoms with Gasteiger partial charge in [-0.1, -0.05) is 17.3 Å². The third kappa shape index (κ3) is 5.04. The monoisotopic (exact) mass is 346 g/mol. The highest BCUT2D eigenvalue weighted by atomic mass is 16.5. The van der Waals surface area contributed by atoms with Crippen LogP contribution in [0.15, 0.2) is 41.1 Å². The summed E-state index contributed by atoms with van der Waals surface area (Å²) in [6.45, 7) is 1.84. The average molecular weight is 346 g/mol. The Morgan fingerprint density at radius 1 is 1.36 bits per heavy atom. The van der Waals surface area contributed by atoms with Crippen LogP contribution in [0.5, 0.6) is 5.75 Å². The molecule has 2 heterocycles. The maximum absolute atomic E-state index is 12.2. The summed E-state index contributed by atoms with van der Waals surface area (Å²) in [6, 6.07) is 9.16. The molecule has 1 aliphatic rings. The minimum atomic E-state index is -0.419. The van der Waals surface area contributed by atoms with E-state index in [2.05, 4.69) is 10.5 Å². The fourth-order valence-electron chi connectivity index (χ4n) is 2.71. The van der Waals surface area contributed by atoms with E-state index in [-0.39, 0.29) is 11.6 Å². The van der Waals surface area contributed by atoms with Crippen LogP contribution >= 0.6 is 0 Å². The first-order valence-corrected chi connectivity index (χ1v) is 8.28. The minimum absolute atomic E-state index is 0.237. The van der Waals surface area contributed by atoms with Crippen molar-refractivity contribution in [2.24, 2.45) is 5.92 Å². The van der Waals surface area contributed by atoms with Gasteiger partial charge in [0.1, 0.15) is 18.2 Å². The molecule has 25 heavy (non-hydrogen) atoms. The van der Waals surface area contributed by atoms with Crippen molar-refractivity contribution >= 4 is 5.91 Å². The Bertz CT molecular complexity index is 651. The Balaban J connectivity index is 1.59. The number of carbonyl (C=O) groups is 1. The number of hydrogen-bond acceptors (Lipinski definition) is 6. The average Bonchev–Trinajstić information content (AvgIpc) is 3.34. The zero-order valence-corrected chi connectivity index (χ0v) is 14.1. The molecule has 2 atom stereocenters. The smallest absolute Gasteiger partial charge is 0.275 e. The first-order chi connectivity index (χ1) is 12.2. The predicted molar refractivity (Wildman–Crippen MR) is 89.1 cm³/mol. The standard InChI is InChI=1S/C18H22N2O5/c1-22-15-4-2-13(3-5-15)12-24-17(10-14-6-8-23-11-14)19-18(21)16-7-9-25-20-16/h2-5,7,9,14,17H,6,8,10-12H2,1H3,(H,19,21). The molecule has 1 fully saturated rings. The van der Waals surface area contributed by atoms with Crippen molar-refractivity contribution in [2.45, 2.75) is 25.7 Å². The van der Waals surface area contributed by atoms with Crippen molar-refractivity contribution in [3.8, 4) is 5.75 Å². The lowest BCUT2D eigenvalue weighted by Gasteiger charge is -2.21. The van der Waals surface area contributed by atoms with Crippen LogP contribution in [0.1, 0.15) is 28.9 Å². The van der Waals surface area contributed by atoms with Gasteiger partial charge in [-0.2, -0.15) is 0 Å². The van der Waals surface area contributed by atoms with Crippen LogP contribution in [0.4, 0.5) is 0 Å². The van der Waals surface area contributed by atoms with E-state index in [1.165, 1.54) is 12.3 Å². The molecule has 1 aromatic carbocycles. The van der Waals surface area contributed by atoms with E-state index in [9.17, 15) is 4.79 Å². The molecule has 1 aromatic heterocycles. The number of aromatic nitrogens is 1. The van der Waals surface area contributed by atoms with Crippen molar-refractivity contribution in [3.05, 3.63) is 47.9 Å². The van der Waals surface area contributed by atoms with E-state index >= 15 is 0 Å². The van der Waals surface area contributed by atoms with Crippen molar-refractivity contribution in [3.63, 3.8) is 0 Å². The topological polar surface area (TPSA) is 82.8 Å². The molecule has 1 N–H and O–H groups in total. The highest BCUT2D eigenvalue weighted by Crippen LogP contribution is 2.20. The molecule has 0 radical (unpaired) electrons. The van der Waals surface area contributed by atoms with Gasteiger partial charge in [0.25, 0.3) is 5.91 Å². The van der Waals surface area contributed by atoms with Crippen molar-refractivity contribution in [1.29, 1.82) is 0 Å². The Morgan fingerprint density at radius 2 is 2.20 bits per heavy atom. The lowest BCUT2D eigenvalue weighted by molar-refractivity contribution is 0.00253. The number of carbonyl (C=O) groups excluding carboxylic acids is 1. The van der Waals surface area contributed by atoms with Crippen LogP contribution in [-0.4, -0.2) is 37.6 Å². The summed E-state index contributed by atoms with van der Waals surface area (Å²) in [5.74, 6) is 0.855. The van der Waals surface area contributed by atoms with E-state index < -0.39 is 6.23 Å². The summed E-state index contributed by atoms with van der Waals surface area (Å²) in [5, 5.41) is 6.53. The Hall–Kier alpha value is -2.38. The van der Waals surface area contributed by atoms with Gasteiger partial charge in [0.05, 0.1) is 13.7 Å². The summed E-state index contributed by atoms with van der Waals surface area (Å²) in [7, 11) is 1.63. The molecule has 7 heteroatoms. The lowest BCUT2D eigenvalue weighted by atomic mass is 10.0. The molecule has 1 saturated heterocycles. The molecule has 0 aliphatic carbocycles. The number of nitrogens with one attached hydrogen (secondary N) is 1. The van der Waals surface area contributed by atoms with Crippen molar-refractivity contribution in [2.75, 3.05) is 20.3 Å². The van der Waals surface area contributed by atoms with Gasteiger partial charge in [-0.25, -0.2) is 0 Å². The van der Waals surface area contributed by atoms with Gasteiger partial charge >= 0.3 is 0 Å². The van der Waals surface area contributed by atoms with Gasteiger partial charge < -0.3 is 24.1 Å². The molecule has 134 valence electrons. The van der Waals surface area contributed by atoms with Crippen LogP contribution in [0.25, 0.3) is 0 Å². The summed E-state index contributed by atoms with van der Waals surface area (Å²) >= 11 is 0. The number of methoxy groups -OCH3 is 1. The number of benzene rings is 1. The van der Waals surface area contributed by atoms with Gasteiger partial charge in [0.15, 0.2) is 5.69 Å². The fraction of sp³-hybridized carbons (Fsp3) is 0.444. The normalized spacial score (nSPS) is 18.0. The number of ether oxygens (including phenoxy) is 3. The van der Waals surface area contributed by atoms with Crippen molar-refractivity contribution < 1.29 is 23.5 Å². The zero-order chi connectivity index (χ0) is 17.5. The highest BCUT2D eigenvalue weighted by molar-refractivity contribution is 5.92.